The van der Waals surface area contributed by atoms with Crippen molar-refractivity contribution < 1.29 is 0 Å². The van der Waals surface area contributed by atoms with Crippen LogP contribution in [0.1, 0.15) is 246 Å². The van der Waals surface area contributed by atoms with Crippen LogP contribution in [-0.2, 0) is 0 Å². The van der Waals surface area contributed by atoms with Crippen LogP contribution in [-0.4, -0.2) is 10.5 Å². The fourth-order valence-electron chi connectivity index (χ4n) is 6.50. The van der Waals surface area contributed by atoms with Crippen LogP contribution in [0.3, 0.4) is 0 Å². The van der Waals surface area contributed by atoms with Crippen molar-refractivity contribution in [1.82, 2.24) is 0 Å². The summed E-state index contributed by atoms with van der Waals surface area (Å²) in [7, 11) is 0. The van der Waals surface area contributed by atoms with E-state index >= 15 is 0 Å². The van der Waals surface area contributed by atoms with E-state index in [9.17, 15) is 0 Å². The predicted octanol–water partition coefficient (Wildman–Crippen LogP) is 15.8. The van der Waals surface area contributed by atoms with Gasteiger partial charge in [0.25, 0.3) is 0 Å². The lowest BCUT2D eigenvalue weighted by Gasteiger charge is -2.21. The van der Waals surface area contributed by atoms with Crippen LogP contribution in [0.2, 0.25) is 0 Å². The van der Waals surface area contributed by atoms with E-state index in [0.717, 1.165) is 10.5 Å². The van der Waals surface area contributed by atoms with Gasteiger partial charge in [0.1, 0.15) is 0 Å². The van der Waals surface area contributed by atoms with Gasteiger partial charge in [0.05, 0.1) is 0 Å². The summed E-state index contributed by atoms with van der Waals surface area (Å²) < 4.78 is 0. The molecule has 0 saturated carbocycles. The minimum atomic E-state index is 0.915. The SMILES string of the molecule is CCCCCCCCCCCCCCCCC[C@@H](CC)S[C@@H](CC)CCCCCCCCCCCCCCCCC. The maximum Gasteiger partial charge on any atom is 0.00472 e. The number of rotatable bonds is 36. The van der Waals surface area contributed by atoms with E-state index in [0.29, 0.717) is 0 Å². The monoisotopic (exact) mass is 595 g/mol. The molecule has 0 aromatic rings. The zero-order valence-corrected chi connectivity index (χ0v) is 30.4. The average Bonchev–Trinajstić information content (AvgIpc) is 2.99. The Morgan fingerprint density at radius 1 is 0.268 bits per heavy atom. The van der Waals surface area contributed by atoms with Crippen molar-refractivity contribution in [1.29, 1.82) is 0 Å². The van der Waals surface area contributed by atoms with E-state index in [1.165, 1.54) is 218 Å². The van der Waals surface area contributed by atoms with Gasteiger partial charge in [-0.3, -0.25) is 0 Å². The van der Waals surface area contributed by atoms with Crippen molar-refractivity contribution in [2.45, 2.75) is 257 Å². The molecule has 0 radical (unpaired) electrons. The Kier molecular flexibility index (Phi) is 36.9. The van der Waals surface area contributed by atoms with E-state index in [2.05, 4.69) is 39.5 Å². The number of hydrogen-bond acceptors (Lipinski definition) is 1. The largest absolute Gasteiger partial charge is 0.155 e. The average molecular weight is 595 g/mol. The fraction of sp³-hybridized carbons (Fsp3) is 1.00. The third kappa shape index (κ3) is 33.1. The van der Waals surface area contributed by atoms with Gasteiger partial charge in [0.15, 0.2) is 0 Å². The molecule has 0 fully saturated rings. The molecule has 0 aromatic carbocycles. The third-order valence-corrected chi connectivity index (χ3v) is 11.5. The lowest BCUT2D eigenvalue weighted by Crippen LogP contribution is -2.10. The van der Waals surface area contributed by atoms with Gasteiger partial charge in [-0.05, 0) is 25.7 Å². The Morgan fingerprint density at radius 3 is 0.659 bits per heavy atom. The van der Waals surface area contributed by atoms with Gasteiger partial charge in [-0.15, -0.1) is 0 Å². The van der Waals surface area contributed by atoms with Gasteiger partial charge in [-0.1, -0.05) is 220 Å². The first-order valence-corrected chi connectivity index (χ1v) is 20.9. The molecule has 0 rings (SSSR count). The van der Waals surface area contributed by atoms with Crippen LogP contribution in [0.15, 0.2) is 0 Å². The van der Waals surface area contributed by atoms with Crippen LogP contribution < -0.4 is 0 Å². The van der Waals surface area contributed by atoms with Gasteiger partial charge < -0.3 is 0 Å². The highest BCUT2D eigenvalue weighted by Crippen LogP contribution is 2.30. The Morgan fingerprint density at radius 2 is 0.463 bits per heavy atom. The van der Waals surface area contributed by atoms with Gasteiger partial charge in [-0.25, -0.2) is 0 Å². The molecule has 0 bridgehead atoms. The van der Waals surface area contributed by atoms with Crippen molar-refractivity contribution in [3.8, 4) is 0 Å². The van der Waals surface area contributed by atoms with Crippen molar-refractivity contribution in [2.24, 2.45) is 0 Å². The molecule has 0 amide bonds. The second-order valence-electron chi connectivity index (χ2n) is 13.7. The summed E-state index contributed by atoms with van der Waals surface area (Å²) in [5, 5.41) is 1.83. The topological polar surface area (TPSA) is 0 Å². The Hall–Kier alpha value is 0.350. The van der Waals surface area contributed by atoms with Gasteiger partial charge in [0.2, 0.25) is 0 Å². The zero-order chi connectivity index (χ0) is 29.9. The minimum absolute atomic E-state index is 0.915. The number of thioether (sulfide) groups is 1. The van der Waals surface area contributed by atoms with E-state index in [1.54, 1.807) is 0 Å². The van der Waals surface area contributed by atoms with E-state index in [4.69, 9.17) is 0 Å². The summed E-state index contributed by atoms with van der Waals surface area (Å²) in [5.41, 5.74) is 0. The summed E-state index contributed by atoms with van der Waals surface area (Å²) in [6.45, 7) is 9.49. The minimum Gasteiger partial charge on any atom is -0.155 e. The van der Waals surface area contributed by atoms with Crippen LogP contribution in [0.4, 0.5) is 0 Å². The highest BCUT2D eigenvalue weighted by Gasteiger charge is 2.14. The van der Waals surface area contributed by atoms with E-state index in [-0.39, 0.29) is 0 Å². The molecule has 0 aromatic heterocycles. The second kappa shape index (κ2) is 36.5. The fourth-order valence-corrected chi connectivity index (χ4v) is 8.03. The second-order valence-corrected chi connectivity index (χ2v) is 15.3. The van der Waals surface area contributed by atoms with Crippen LogP contribution in [0.25, 0.3) is 0 Å². The van der Waals surface area contributed by atoms with Gasteiger partial charge in [0, 0.05) is 10.5 Å². The Bertz CT molecular complexity index is 406. The van der Waals surface area contributed by atoms with Crippen molar-refractivity contribution >= 4 is 11.8 Å². The third-order valence-electron chi connectivity index (χ3n) is 9.55. The molecule has 0 aliphatic heterocycles. The molecule has 0 N–H and O–H groups in total. The van der Waals surface area contributed by atoms with Gasteiger partial charge in [-0.2, -0.15) is 11.8 Å². The smallest absolute Gasteiger partial charge is 0.00472 e. The predicted molar refractivity (Wildman–Crippen MR) is 195 cm³/mol. The molecule has 248 valence electrons. The molecule has 0 aliphatic carbocycles. The molecule has 0 nitrogen and oxygen atoms in total. The first kappa shape index (κ1) is 41.4. The maximum absolute atomic E-state index is 2.43. The zero-order valence-electron chi connectivity index (χ0n) is 29.6. The Labute approximate surface area is 267 Å². The van der Waals surface area contributed by atoms with Crippen LogP contribution in [0, 0.1) is 0 Å². The lowest BCUT2D eigenvalue weighted by molar-refractivity contribution is 0.525. The van der Waals surface area contributed by atoms with E-state index in [1.807, 2.05) is 0 Å². The highest BCUT2D eigenvalue weighted by atomic mass is 32.2. The first-order chi connectivity index (χ1) is 20.3. The summed E-state index contributed by atoms with van der Waals surface area (Å²) in [5.74, 6) is 0. The molecule has 1 heteroatoms. The van der Waals surface area contributed by atoms with Crippen LogP contribution in [0.5, 0.6) is 0 Å². The summed E-state index contributed by atoms with van der Waals surface area (Å²) in [6.07, 6.45) is 49.8. The van der Waals surface area contributed by atoms with Crippen molar-refractivity contribution in [3.05, 3.63) is 0 Å². The highest BCUT2D eigenvalue weighted by molar-refractivity contribution is 8.00. The standard InChI is InChI=1S/C40H82S/c1-5-9-11-13-15-17-19-21-23-25-27-29-31-33-35-37-39(7-3)41-40(8-4)38-36-34-32-30-28-26-24-22-20-18-16-14-12-10-6-2/h39-40H,5-38H2,1-4H3/t39-,40+. The molecule has 0 spiro atoms. The van der Waals surface area contributed by atoms with Crippen LogP contribution >= 0.6 is 11.8 Å². The maximum atomic E-state index is 2.43. The summed E-state index contributed by atoms with van der Waals surface area (Å²) in [4.78, 5) is 0. The molecule has 41 heavy (non-hydrogen) atoms. The Balaban J connectivity index is 3.50. The lowest BCUT2D eigenvalue weighted by atomic mass is 10.0. The number of hydrogen-bond donors (Lipinski definition) is 0. The molecule has 0 unspecified atom stereocenters. The summed E-state index contributed by atoms with van der Waals surface area (Å²) >= 11 is 2.36. The van der Waals surface area contributed by atoms with E-state index < -0.39 is 0 Å². The molecule has 0 aliphatic rings. The van der Waals surface area contributed by atoms with Crippen molar-refractivity contribution in [3.63, 3.8) is 0 Å². The molecular formula is C40H82S. The van der Waals surface area contributed by atoms with Crippen molar-refractivity contribution in [2.75, 3.05) is 0 Å². The molecule has 0 saturated heterocycles. The first-order valence-electron chi connectivity index (χ1n) is 19.9. The quantitative estimate of drug-likeness (QED) is 0.0650. The molecular weight excluding hydrogens is 513 g/mol. The normalized spacial score (nSPS) is 13.2. The molecule has 2 atom stereocenters. The number of unbranched alkanes of at least 4 members (excludes halogenated alkanes) is 28. The van der Waals surface area contributed by atoms with Gasteiger partial charge >= 0.3 is 0 Å². The molecule has 0 heterocycles. The summed E-state index contributed by atoms with van der Waals surface area (Å²) in [6, 6.07) is 0.